The topological polar surface area (TPSA) is 81.1 Å². The first kappa shape index (κ1) is 24.0. The molecule has 0 aliphatic carbocycles. The maximum atomic E-state index is 13.1. The van der Waals surface area contributed by atoms with Gasteiger partial charge in [0.1, 0.15) is 11.5 Å². The van der Waals surface area contributed by atoms with Crippen LogP contribution < -0.4 is 0 Å². The Morgan fingerprint density at radius 1 is 1.09 bits per heavy atom. The van der Waals surface area contributed by atoms with Crippen LogP contribution in [0.3, 0.4) is 0 Å². The molecule has 0 aromatic heterocycles. The average Bonchev–Trinajstić information content (AvgIpc) is 3.03. The van der Waals surface area contributed by atoms with E-state index in [2.05, 4.69) is 34.7 Å². The number of aryl methyl sites for hydroxylation is 1. The second-order valence-corrected chi connectivity index (χ2v) is 8.86. The molecule has 0 bridgehead atoms. The van der Waals surface area contributed by atoms with Crippen molar-refractivity contribution >= 4 is 33.4 Å². The molecule has 7 heteroatoms. The van der Waals surface area contributed by atoms with E-state index < -0.39 is 17.7 Å². The number of hydrogen-bond acceptors (Lipinski definition) is 5. The van der Waals surface area contributed by atoms with Crippen molar-refractivity contribution in [1.29, 1.82) is 0 Å². The number of phenolic OH excluding ortho intramolecular Hbond substituents is 1. The summed E-state index contributed by atoms with van der Waals surface area (Å²) in [5.74, 6) is -1.92. The van der Waals surface area contributed by atoms with Gasteiger partial charge in [0.25, 0.3) is 11.7 Å². The minimum atomic E-state index is -0.740. The number of likely N-dealkylation sites (tertiary alicyclic amines) is 1. The van der Waals surface area contributed by atoms with E-state index in [1.165, 1.54) is 17.0 Å². The molecule has 1 fully saturated rings. The largest absolute Gasteiger partial charge is 0.507 e. The summed E-state index contributed by atoms with van der Waals surface area (Å²) in [7, 11) is 0. The van der Waals surface area contributed by atoms with Crippen LogP contribution in [-0.2, 0) is 9.59 Å². The van der Waals surface area contributed by atoms with Crippen LogP contribution in [0.15, 0.2) is 52.5 Å². The number of phenols is 1. The number of aliphatic hydroxyl groups excluding tert-OH is 1. The number of Topliss-reactive ketones (excluding diaryl/α,β-unsaturated/α-hetero) is 1. The van der Waals surface area contributed by atoms with Gasteiger partial charge in [-0.2, -0.15) is 0 Å². The molecule has 1 aliphatic rings. The van der Waals surface area contributed by atoms with E-state index in [0.717, 1.165) is 30.8 Å². The number of benzene rings is 2. The molecule has 3 rings (SSSR count). The summed E-state index contributed by atoms with van der Waals surface area (Å²) in [6, 6.07) is 11.5. The van der Waals surface area contributed by atoms with E-state index in [9.17, 15) is 19.8 Å². The highest BCUT2D eigenvalue weighted by atomic mass is 79.9. The Bertz CT molecular complexity index is 1030. The van der Waals surface area contributed by atoms with Crippen LogP contribution in [-0.4, -0.2) is 57.9 Å². The van der Waals surface area contributed by atoms with Gasteiger partial charge in [-0.3, -0.25) is 9.59 Å². The number of carbonyl (C=O) groups is 2. The summed E-state index contributed by atoms with van der Waals surface area (Å²) in [6.45, 7) is 9.17. The molecular formula is C25H29BrN2O4. The van der Waals surface area contributed by atoms with Gasteiger partial charge in [-0.25, -0.2) is 0 Å². The van der Waals surface area contributed by atoms with Crippen molar-refractivity contribution in [3.63, 3.8) is 0 Å². The number of halogens is 1. The SMILES string of the molecule is CCN(CC)CCCN1C(=O)C(=O)C(=C(O)c2cc(Br)ccc2O)C1c1ccc(C)cc1. The van der Waals surface area contributed by atoms with Crippen LogP contribution >= 0.6 is 15.9 Å². The molecule has 32 heavy (non-hydrogen) atoms. The first-order chi connectivity index (χ1) is 15.3. The van der Waals surface area contributed by atoms with E-state index >= 15 is 0 Å². The molecule has 2 aromatic carbocycles. The Hall–Kier alpha value is -2.64. The second-order valence-electron chi connectivity index (χ2n) is 7.95. The maximum Gasteiger partial charge on any atom is 0.295 e. The van der Waals surface area contributed by atoms with Crippen LogP contribution in [0.25, 0.3) is 5.76 Å². The van der Waals surface area contributed by atoms with Crippen LogP contribution in [0, 0.1) is 6.92 Å². The zero-order valence-electron chi connectivity index (χ0n) is 18.6. The summed E-state index contributed by atoms with van der Waals surface area (Å²) >= 11 is 3.33. The van der Waals surface area contributed by atoms with E-state index in [0.29, 0.717) is 17.4 Å². The first-order valence-electron chi connectivity index (χ1n) is 10.8. The van der Waals surface area contributed by atoms with Gasteiger partial charge in [0.05, 0.1) is 17.2 Å². The molecular weight excluding hydrogens is 472 g/mol. The highest BCUT2D eigenvalue weighted by Crippen LogP contribution is 2.41. The molecule has 0 saturated carbocycles. The van der Waals surface area contributed by atoms with E-state index in [1.54, 1.807) is 6.07 Å². The molecule has 170 valence electrons. The van der Waals surface area contributed by atoms with Crippen molar-refractivity contribution in [3.05, 3.63) is 69.2 Å². The molecule has 1 saturated heterocycles. The summed E-state index contributed by atoms with van der Waals surface area (Å²) in [4.78, 5) is 29.9. The highest BCUT2D eigenvalue weighted by molar-refractivity contribution is 9.10. The Morgan fingerprint density at radius 3 is 2.38 bits per heavy atom. The predicted molar refractivity (Wildman–Crippen MR) is 128 cm³/mol. The Kier molecular flexibility index (Phi) is 7.74. The van der Waals surface area contributed by atoms with E-state index in [-0.39, 0.29) is 22.6 Å². The second kappa shape index (κ2) is 10.3. The Morgan fingerprint density at radius 2 is 1.75 bits per heavy atom. The molecule has 0 radical (unpaired) electrons. The summed E-state index contributed by atoms with van der Waals surface area (Å²) in [5.41, 5.74) is 1.90. The normalized spacial score (nSPS) is 18.0. The van der Waals surface area contributed by atoms with Crippen molar-refractivity contribution in [2.24, 2.45) is 0 Å². The fraction of sp³-hybridized carbons (Fsp3) is 0.360. The summed E-state index contributed by atoms with van der Waals surface area (Å²) in [6.07, 6.45) is 0.708. The van der Waals surface area contributed by atoms with Gasteiger partial charge < -0.3 is 20.0 Å². The van der Waals surface area contributed by atoms with Gasteiger partial charge in [-0.1, -0.05) is 59.6 Å². The average molecular weight is 501 g/mol. The molecule has 0 spiro atoms. The molecule has 6 nitrogen and oxygen atoms in total. The number of rotatable bonds is 8. The monoisotopic (exact) mass is 500 g/mol. The van der Waals surface area contributed by atoms with Crippen LogP contribution in [0.4, 0.5) is 0 Å². The maximum absolute atomic E-state index is 13.1. The zero-order valence-corrected chi connectivity index (χ0v) is 20.2. The highest BCUT2D eigenvalue weighted by Gasteiger charge is 2.46. The van der Waals surface area contributed by atoms with Gasteiger partial charge in [0, 0.05) is 11.0 Å². The first-order valence-corrected chi connectivity index (χ1v) is 11.6. The van der Waals surface area contributed by atoms with Gasteiger partial charge in [-0.15, -0.1) is 0 Å². The van der Waals surface area contributed by atoms with Crippen LogP contribution in [0.1, 0.15) is 43.0 Å². The summed E-state index contributed by atoms with van der Waals surface area (Å²) in [5, 5.41) is 21.4. The minimum absolute atomic E-state index is 0.00454. The Labute approximate surface area is 197 Å². The molecule has 2 aromatic rings. The third kappa shape index (κ3) is 4.89. The molecule has 1 amide bonds. The molecule has 2 N–H and O–H groups in total. The third-order valence-electron chi connectivity index (χ3n) is 5.91. The lowest BCUT2D eigenvalue weighted by molar-refractivity contribution is -0.140. The van der Waals surface area contributed by atoms with E-state index in [4.69, 9.17) is 0 Å². The molecule has 1 heterocycles. The lowest BCUT2D eigenvalue weighted by atomic mass is 9.94. The number of ketones is 1. The number of amides is 1. The number of aromatic hydroxyl groups is 1. The van der Waals surface area contributed by atoms with E-state index in [1.807, 2.05) is 31.2 Å². The minimum Gasteiger partial charge on any atom is -0.507 e. The zero-order chi connectivity index (χ0) is 23.4. The van der Waals surface area contributed by atoms with Crippen molar-refractivity contribution in [2.75, 3.05) is 26.2 Å². The standard InChI is InChI=1S/C25H29BrN2O4/c1-4-27(5-2)13-6-14-28-22(17-9-7-16(3)8-10-17)21(24(31)25(28)32)23(30)19-15-18(26)11-12-20(19)29/h7-12,15,22,29-30H,4-6,13-14H2,1-3H3. The van der Waals surface area contributed by atoms with Crippen molar-refractivity contribution in [1.82, 2.24) is 9.80 Å². The lowest BCUT2D eigenvalue weighted by Crippen LogP contribution is -2.33. The molecule has 1 unspecified atom stereocenters. The van der Waals surface area contributed by atoms with Crippen molar-refractivity contribution < 1.29 is 19.8 Å². The number of hydrogen-bond donors (Lipinski definition) is 2. The van der Waals surface area contributed by atoms with Crippen molar-refractivity contribution in [3.8, 4) is 5.75 Å². The molecule has 1 aliphatic heterocycles. The third-order valence-corrected chi connectivity index (χ3v) is 6.41. The van der Waals surface area contributed by atoms with Crippen molar-refractivity contribution in [2.45, 2.75) is 33.2 Å². The fourth-order valence-corrected chi connectivity index (χ4v) is 4.41. The number of carbonyl (C=O) groups excluding carboxylic acids is 2. The number of aliphatic hydroxyl groups is 1. The summed E-state index contributed by atoms with van der Waals surface area (Å²) < 4.78 is 0.636. The van der Waals surface area contributed by atoms with Gasteiger partial charge in [0.2, 0.25) is 0 Å². The van der Waals surface area contributed by atoms with Crippen LogP contribution in [0.5, 0.6) is 5.75 Å². The van der Waals surface area contributed by atoms with Gasteiger partial charge in [-0.05, 0) is 56.7 Å². The molecule has 1 atom stereocenters. The van der Waals surface area contributed by atoms with Gasteiger partial charge in [0.15, 0.2) is 0 Å². The smallest absolute Gasteiger partial charge is 0.295 e. The fourth-order valence-electron chi connectivity index (χ4n) is 4.05. The quantitative estimate of drug-likeness (QED) is 0.314. The van der Waals surface area contributed by atoms with Gasteiger partial charge >= 0.3 is 0 Å². The predicted octanol–water partition coefficient (Wildman–Crippen LogP) is 4.62. The Balaban J connectivity index is 2.06. The van der Waals surface area contributed by atoms with Crippen LogP contribution in [0.2, 0.25) is 0 Å². The number of nitrogens with zero attached hydrogens (tertiary/aromatic N) is 2. The lowest BCUT2D eigenvalue weighted by Gasteiger charge is -2.27.